The Morgan fingerprint density at radius 1 is 1.32 bits per heavy atom. The third-order valence-electron chi connectivity index (χ3n) is 3.92. The Morgan fingerprint density at radius 3 is 2.58 bits per heavy atom. The van der Waals surface area contributed by atoms with E-state index in [0.29, 0.717) is 11.4 Å². The maximum Gasteiger partial charge on any atom is 0.0816 e. The molecule has 0 spiro atoms. The number of hydrogen-bond donors (Lipinski definition) is 2. The normalized spacial score (nSPS) is 21.3. The zero-order valence-electron chi connectivity index (χ0n) is 11.3. The van der Waals surface area contributed by atoms with Crippen molar-refractivity contribution in [2.45, 2.75) is 37.9 Å². The van der Waals surface area contributed by atoms with Gasteiger partial charge in [0.15, 0.2) is 0 Å². The molecule has 0 bridgehead atoms. The molecule has 0 amide bonds. The molecule has 1 unspecified atom stereocenters. The Hall–Kier alpha value is -0.610. The van der Waals surface area contributed by atoms with Crippen LogP contribution in [0.5, 0.6) is 0 Å². The predicted octanol–water partition coefficient (Wildman–Crippen LogP) is 2.61. The van der Waals surface area contributed by atoms with Gasteiger partial charge < -0.3 is 15.1 Å². The quantitative estimate of drug-likeness (QED) is 0.893. The summed E-state index contributed by atoms with van der Waals surface area (Å²) in [5, 5.41) is 20.7. The second kappa shape index (κ2) is 6.23. The molecule has 0 aliphatic carbocycles. The fourth-order valence-electron chi connectivity index (χ4n) is 2.46. The van der Waals surface area contributed by atoms with Crippen molar-refractivity contribution in [1.82, 2.24) is 4.90 Å². The standard InChI is InChI=1S/C15H22ClNO2/c1-15(19)7-10-17(11-8-15)9-6-14(18)12-4-2-3-5-13(12)16/h2-5,14,18-19H,6-11H2,1H3. The minimum atomic E-state index is -0.517. The van der Waals surface area contributed by atoms with Crippen LogP contribution < -0.4 is 0 Å². The van der Waals surface area contributed by atoms with Crippen molar-refractivity contribution in [1.29, 1.82) is 0 Å². The van der Waals surface area contributed by atoms with Crippen molar-refractivity contribution in [3.05, 3.63) is 34.9 Å². The van der Waals surface area contributed by atoms with Crippen molar-refractivity contribution in [3.63, 3.8) is 0 Å². The van der Waals surface area contributed by atoms with E-state index < -0.39 is 11.7 Å². The highest BCUT2D eigenvalue weighted by Gasteiger charge is 2.27. The first-order chi connectivity index (χ1) is 8.98. The van der Waals surface area contributed by atoms with Crippen LogP contribution in [0.2, 0.25) is 5.02 Å². The summed E-state index contributed by atoms with van der Waals surface area (Å²) < 4.78 is 0. The monoisotopic (exact) mass is 283 g/mol. The summed E-state index contributed by atoms with van der Waals surface area (Å²) >= 11 is 6.07. The molecule has 1 aliphatic heterocycles. The number of nitrogens with zero attached hydrogens (tertiary/aromatic N) is 1. The fraction of sp³-hybridized carbons (Fsp3) is 0.600. The second-order valence-electron chi connectivity index (χ2n) is 5.66. The first kappa shape index (κ1) is 14.8. The second-order valence-corrected chi connectivity index (χ2v) is 6.07. The number of likely N-dealkylation sites (tertiary alicyclic amines) is 1. The van der Waals surface area contributed by atoms with Gasteiger partial charge >= 0.3 is 0 Å². The van der Waals surface area contributed by atoms with Gasteiger partial charge in [0, 0.05) is 24.7 Å². The highest BCUT2D eigenvalue weighted by atomic mass is 35.5. The van der Waals surface area contributed by atoms with Crippen LogP contribution in [0.25, 0.3) is 0 Å². The summed E-state index contributed by atoms with van der Waals surface area (Å²) in [6, 6.07) is 7.43. The maximum absolute atomic E-state index is 10.2. The van der Waals surface area contributed by atoms with Gasteiger partial charge in [0.2, 0.25) is 0 Å². The lowest BCUT2D eigenvalue weighted by atomic mass is 9.93. The van der Waals surface area contributed by atoms with Crippen LogP contribution in [0, 0.1) is 0 Å². The fourth-order valence-corrected chi connectivity index (χ4v) is 2.73. The van der Waals surface area contributed by atoms with Crippen LogP contribution >= 0.6 is 11.6 Å². The SMILES string of the molecule is CC1(O)CCN(CCC(O)c2ccccc2Cl)CC1. The number of piperidine rings is 1. The van der Waals surface area contributed by atoms with Gasteiger partial charge in [-0.15, -0.1) is 0 Å². The zero-order valence-corrected chi connectivity index (χ0v) is 12.1. The third-order valence-corrected chi connectivity index (χ3v) is 4.26. The molecule has 0 saturated carbocycles. The Kier molecular flexibility index (Phi) is 4.85. The first-order valence-electron chi connectivity index (χ1n) is 6.85. The first-order valence-corrected chi connectivity index (χ1v) is 7.23. The molecule has 2 rings (SSSR count). The van der Waals surface area contributed by atoms with Crippen LogP contribution in [-0.2, 0) is 0 Å². The molecule has 1 fully saturated rings. The lowest BCUT2D eigenvalue weighted by molar-refractivity contribution is -0.00812. The minimum absolute atomic E-state index is 0.516. The Labute approximate surface area is 119 Å². The topological polar surface area (TPSA) is 43.7 Å². The Bertz CT molecular complexity index is 412. The molecule has 1 heterocycles. The van der Waals surface area contributed by atoms with Crippen LogP contribution in [0.1, 0.15) is 37.9 Å². The summed E-state index contributed by atoms with van der Waals surface area (Å²) in [5.41, 5.74) is 0.283. The molecule has 4 heteroatoms. The maximum atomic E-state index is 10.2. The Morgan fingerprint density at radius 2 is 1.95 bits per heavy atom. The molecule has 1 aromatic carbocycles. The summed E-state index contributed by atoms with van der Waals surface area (Å²) in [6.45, 7) is 4.51. The van der Waals surface area contributed by atoms with Gasteiger partial charge in [-0.25, -0.2) is 0 Å². The largest absolute Gasteiger partial charge is 0.390 e. The van der Waals surface area contributed by atoms with E-state index in [1.54, 1.807) is 6.07 Å². The van der Waals surface area contributed by atoms with E-state index in [-0.39, 0.29) is 0 Å². The van der Waals surface area contributed by atoms with Crippen molar-refractivity contribution < 1.29 is 10.2 Å². The molecule has 1 saturated heterocycles. The predicted molar refractivity (Wildman–Crippen MR) is 77.3 cm³/mol. The number of aliphatic hydroxyl groups excluding tert-OH is 1. The molecule has 3 nitrogen and oxygen atoms in total. The molecular formula is C15H22ClNO2. The highest BCUT2D eigenvalue weighted by molar-refractivity contribution is 6.31. The van der Waals surface area contributed by atoms with Gasteiger partial charge in [-0.1, -0.05) is 29.8 Å². The number of aliphatic hydroxyl groups is 2. The lowest BCUT2D eigenvalue weighted by Crippen LogP contribution is -2.42. The van der Waals surface area contributed by atoms with E-state index >= 15 is 0 Å². The third kappa shape index (κ3) is 4.18. The summed E-state index contributed by atoms with van der Waals surface area (Å²) in [7, 11) is 0. The van der Waals surface area contributed by atoms with Gasteiger partial charge in [0.25, 0.3) is 0 Å². The molecule has 0 radical (unpaired) electrons. The molecule has 19 heavy (non-hydrogen) atoms. The highest BCUT2D eigenvalue weighted by Crippen LogP contribution is 2.26. The van der Waals surface area contributed by atoms with Crippen LogP contribution in [-0.4, -0.2) is 40.3 Å². The smallest absolute Gasteiger partial charge is 0.0816 e. The number of halogens is 1. The number of hydrogen-bond acceptors (Lipinski definition) is 3. The van der Waals surface area contributed by atoms with Gasteiger partial charge in [-0.2, -0.15) is 0 Å². The van der Waals surface area contributed by atoms with Crippen LogP contribution in [0.3, 0.4) is 0 Å². The van der Waals surface area contributed by atoms with Gasteiger partial charge in [-0.3, -0.25) is 0 Å². The average molecular weight is 284 g/mol. The summed E-state index contributed by atoms with van der Waals surface area (Å²) in [6.07, 6.45) is 1.76. The molecule has 1 aliphatic rings. The molecule has 1 aromatic rings. The zero-order chi connectivity index (χ0) is 13.9. The van der Waals surface area contributed by atoms with Gasteiger partial charge in [-0.05, 0) is 37.8 Å². The van der Waals surface area contributed by atoms with Crippen molar-refractivity contribution in [2.75, 3.05) is 19.6 Å². The van der Waals surface area contributed by atoms with Crippen LogP contribution in [0.4, 0.5) is 0 Å². The van der Waals surface area contributed by atoms with Crippen molar-refractivity contribution in [2.24, 2.45) is 0 Å². The van der Waals surface area contributed by atoms with E-state index in [1.807, 2.05) is 25.1 Å². The van der Waals surface area contributed by atoms with Gasteiger partial charge in [0.1, 0.15) is 0 Å². The lowest BCUT2D eigenvalue weighted by Gasteiger charge is -2.36. The Balaban J connectivity index is 1.82. The molecule has 2 N–H and O–H groups in total. The van der Waals surface area contributed by atoms with Crippen molar-refractivity contribution >= 4 is 11.6 Å². The molecule has 0 aromatic heterocycles. The van der Waals surface area contributed by atoms with E-state index in [9.17, 15) is 10.2 Å². The van der Waals surface area contributed by atoms with E-state index in [4.69, 9.17) is 11.6 Å². The molecule has 1 atom stereocenters. The number of rotatable bonds is 4. The van der Waals surface area contributed by atoms with E-state index in [0.717, 1.165) is 38.0 Å². The van der Waals surface area contributed by atoms with E-state index in [2.05, 4.69) is 4.90 Å². The average Bonchev–Trinajstić information content (AvgIpc) is 2.38. The number of benzene rings is 1. The molecular weight excluding hydrogens is 262 g/mol. The van der Waals surface area contributed by atoms with Crippen molar-refractivity contribution in [3.8, 4) is 0 Å². The van der Waals surface area contributed by atoms with Gasteiger partial charge in [0.05, 0.1) is 11.7 Å². The van der Waals surface area contributed by atoms with Crippen LogP contribution in [0.15, 0.2) is 24.3 Å². The summed E-state index contributed by atoms with van der Waals surface area (Å²) in [5.74, 6) is 0. The van der Waals surface area contributed by atoms with E-state index in [1.165, 1.54) is 0 Å². The summed E-state index contributed by atoms with van der Waals surface area (Å²) in [4.78, 5) is 2.29. The minimum Gasteiger partial charge on any atom is -0.390 e. The molecule has 106 valence electrons.